The predicted molar refractivity (Wildman–Crippen MR) is 56.3 cm³/mol. The molecule has 6 nitrogen and oxygen atoms in total. The monoisotopic (exact) mass is 224 g/mol. The summed E-state index contributed by atoms with van der Waals surface area (Å²) < 4.78 is 0. The molecule has 86 valence electrons. The van der Waals surface area contributed by atoms with Gasteiger partial charge in [0.1, 0.15) is 0 Å². The lowest BCUT2D eigenvalue weighted by Gasteiger charge is -2.08. The quantitative estimate of drug-likeness (QED) is 0.552. The molecule has 16 heavy (non-hydrogen) atoms. The van der Waals surface area contributed by atoms with Crippen molar-refractivity contribution >= 4 is 5.97 Å². The Bertz CT molecular complexity index is 366. The first kappa shape index (κ1) is 12.0. The Morgan fingerprint density at radius 3 is 2.56 bits per heavy atom. The third-order valence-electron chi connectivity index (χ3n) is 2.12. The van der Waals surface area contributed by atoms with Gasteiger partial charge in [-0.15, -0.1) is 5.43 Å². The van der Waals surface area contributed by atoms with Crippen molar-refractivity contribution in [3.8, 4) is 0 Å². The van der Waals surface area contributed by atoms with Crippen molar-refractivity contribution in [1.29, 1.82) is 0 Å². The number of hydrogen-bond acceptors (Lipinski definition) is 3. The lowest BCUT2D eigenvalue weighted by molar-refractivity contribution is -0.549. The number of hydrogen-bond donors (Lipinski definition) is 2. The second kappa shape index (κ2) is 5.69. The molecule has 0 unspecified atom stereocenters. The highest BCUT2D eigenvalue weighted by Gasteiger charge is 2.21. The molecule has 0 saturated heterocycles. The molecule has 1 aromatic carbocycles. The number of carboxylic acids is 1. The molecule has 1 atom stereocenters. The number of carboxylic acid groups (broad SMARTS) is 1. The van der Waals surface area contributed by atoms with Gasteiger partial charge in [0, 0.05) is 0 Å². The highest BCUT2D eigenvalue weighted by atomic mass is 16.7. The molecule has 0 saturated carbocycles. The molecule has 1 rings (SSSR count). The van der Waals surface area contributed by atoms with Crippen LogP contribution in [0.4, 0.5) is 0 Å². The van der Waals surface area contributed by atoms with Gasteiger partial charge < -0.3 is 5.11 Å². The molecule has 1 aromatic rings. The van der Waals surface area contributed by atoms with E-state index < -0.39 is 17.0 Å². The Morgan fingerprint density at radius 2 is 2.06 bits per heavy atom. The number of nitrogens with one attached hydrogen (secondary N) is 1. The number of carbonyl (C=O) groups is 1. The van der Waals surface area contributed by atoms with Gasteiger partial charge in [-0.05, 0) is 18.4 Å². The van der Waals surface area contributed by atoms with Crippen molar-refractivity contribution in [2.75, 3.05) is 0 Å². The van der Waals surface area contributed by atoms with E-state index in [9.17, 15) is 14.9 Å². The molecule has 0 aliphatic heterocycles. The van der Waals surface area contributed by atoms with Gasteiger partial charge in [-0.2, -0.15) is 0 Å². The van der Waals surface area contributed by atoms with Crippen LogP contribution in [0.15, 0.2) is 30.3 Å². The van der Waals surface area contributed by atoms with Crippen LogP contribution in [0.25, 0.3) is 0 Å². The minimum atomic E-state index is -1.22. The van der Waals surface area contributed by atoms with Crippen LogP contribution in [-0.4, -0.2) is 22.1 Å². The van der Waals surface area contributed by atoms with Crippen LogP contribution in [0.1, 0.15) is 12.0 Å². The number of benzene rings is 1. The SMILES string of the molecule is O=C(O)[C@H](CCc1ccccc1)N[N+](=O)[O-]. The second-order valence-corrected chi connectivity index (χ2v) is 3.30. The zero-order chi connectivity index (χ0) is 12.0. The summed E-state index contributed by atoms with van der Waals surface area (Å²) in [5, 5.41) is 18.1. The van der Waals surface area contributed by atoms with Gasteiger partial charge in [0.2, 0.25) is 0 Å². The lowest BCUT2D eigenvalue weighted by atomic mass is 10.1. The van der Waals surface area contributed by atoms with Gasteiger partial charge in [-0.25, -0.2) is 14.9 Å². The van der Waals surface area contributed by atoms with Crippen molar-refractivity contribution in [2.45, 2.75) is 18.9 Å². The summed E-state index contributed by atoms with van der Waals surface area (Å²) in [4.78, 5) is 20.8. The van der Waals surface area contributed by atoms with Crippen LogP contribution in [0.3, 0.4) is 0 Å². The van der Waals surface area contributed by atoms with Crippen molar-refractivity contribution in [3.63, 3.8) is 0 Å². The molecular weight excluding hydrogens is 212 g/mol. The molecule has 0 bridgehead atoms. The third-order valence-corrected chi connectivity index (χ3v) is 2.12. The molecule has 0 spiro atoms. The summed E-state index contributed by atoms with van der Waals surface area (Å²) in [6.45, 7) is 0. The maximum atomic E-state index is 10.7. The van der Waals surface area contributed by atoms with Crippen molar-refractivity contribution in [2.24, 2.45) is 0 Å². The summed E-state index contributed by atoms with van der Waals surface area (Å²) in [6, 6.07) is 8.08. The van der Waals surface area contributed by atoms with Crippen LogP contribution in [0, 0.1) is 10.1 Å². The number of nitrogens with zero attached hydrogens (tertiary/aromatic N) is 1. The molecule has 0 aliphatic carbocycles. The minimum absolute atomic E-state index is 0.181. The fourth-order valence-corrected chi connectivity index (χ4v) is 1.33. The molecule has 0 aliphatic rings. The maximum absolute atomic E-state index is 10.7. The largest absolute Gasteiger partial charge is 0.480 e. The van der Waals surface area contributed by atoms with Crippen LogP contribution in [0.5, 0.6) is 0 Å². The van der Waals surface area contributed by atoms with Crippen LogP contribution in [-0.2, 0) is 11.2 Å². The molecule has 0 fully saturated rings. The number of hydrazine groups is 1. The molecule has 6 heteroatoms. The minimum Gasteiger partial charge on any atom is -0.480 e. The van der Waals surface area contributed by atoms with Gasteiger partial charge in [0.15, 0.2) is 11.1 Å². The van der Waals surface area contributed by atoms with Crippen molar-refractivity contribution in [1.82, 2.24) is 5.43 Å². The first-order valence-electron chi connectivity index (χ1n) is 4.77. The average Bonchev–Trinajstić information content (AvgIpc) is 2.25. The number of aliphatic carboxylic acids is 1. The van der Waals surface area contributed by atoms with Gasteiger partial charge >= 0.3 is 5.97 Å². The van der Waals surface area contributed by atoms with E-state index in [1.54, 1.807) is 5.43 Å². The van der Waals surface area contributed by atoms with Crippen molar-refractivity contribution in [3.05, 3.63) is 46.0 Å². The van der Waals surface area contributed by atoms with E-state index in [-0.39, 0.29) is 6.42 Å². The van der Waals surface area contributed by atoms with Crippen LogP contribution >= 0.6 is 0 Å². The fourth-order valence-electron chi connectivity index (χ4n) is 1.33. The molecule has 0 radical (unpaired) electrons. The van der Waals surface area contributed by atoms with E-state index in [4.69, 9.17) is 5.11 Å². The number of aryl methyl sites for hydroxylation is 1. The Balaban J connectivity index is 2.50. The van der Waals surface area contributed by atoms with E-state index in [0.717, 1.165) is 5.56 Å². The zero-order valence-electron chi connectivity index (χ0n) is 8.50. The van der Waals surface area contributed by atoms with E-state index in [1.807, 2.05) is 30.3 Å². The highest BCUT2D eigenvalue weighted by molar-refractivity contribution is 5.73. The summed E-state index contributed by atoms with van der Waals surface area (Å²) in [7, 11) is 0. The van der Waals surface area contributed by atoms with Crippen LogP contribution < -0.4 is 5.43 Å². The van der Waals surface area contributed by atoms with Gasteiger partial charge in [0.05, 0.1) is 0 Å². The van der Waals surface area contributed by atoms with E-state index in [2.05, 4.69) is 0 Å². The first-order valence-corrected chi connectivity index (χ1v) is 4.77. The van der Waals surface area contributed by atoms with Crippen LogP contribution in [0.2, 0.25) is 0 Å². The summed E-state index contributed by atoms with van der Waals surface area (Å²) in [6.07, 6.45) is 0.666. The number of nitro groups is 1. The Kier molecular flexibility index (Phi) is 4.26. The van der Waals surface area contributed by atoms with Crippen molar-refractivity contribution < 1.29 is 14.9 Å². The van der Waals surface area contributed by atoms with Gasteiger partial charge in [-0.3, -0.25) is 0 Å². The standard InChI is InChI=1S/C10H12N2O4/c13-10(14)9(11-12(15)16)7-6-8-4-2-1-3-5-8/h1-5,9,11H,6-7H2,(H,13,14)/t9-/m0/s1. The van der Waals surface area contributed by atoms with E-state index in [1.165, 1.54) is 0 Å². The Labute approximate surface area is 92.0 Å². The van der Waals surface area contributed by atoms with E-state index >= 15 is 0 Å². The van der Waals surface area contributed by atoms with E-state index in [0.29, 0.717) is 6.42 Å². The third kappa shape index (κ3) is 3.95. The average molecular weight is 224 g/mol. The fraction of sp³-hybridized carbons (Fsp3) is 0.300. The topological polar surface area (TPSA) is 92.5 Å². The Morgan fingerprint density at radius 1 is 1.44 bits per heavy atom. The lowest BCUT2D eigenvalue weighted by Crippen LogP contribution is -2.40. The predicted octanol–water partition coefficient (Wildman–Crippen LogP) is 0.854. The first-order chi connectivity index (χ1) is 7.59. The second-order valence-electron chi connectivity index (χ2n) is 3.30. The molecule has 0 aromatic heterocycles. The van der Waals surface area contributed by atoms with Gasteiger partial charge in [0.25, 0.3) is 0 Å². The normalized spacial score (nSPS) is 11.8. The molecule has 2 N–H and O–H groups in total. The molecular formula is C10H12N2O4. The van der Waals surface area contributed by atoms with Gasteiger partial charge in [-0.1, -0.05) is 30.3 Å². The molecule has 0 amide bonds. The Hall–Kier alpha value is -2.11. The zero-order valence-corrected chi connectivity index (χ0v) is 8.50. The molecule has 0 heterocycles. The summed E-state index contributed by atoms with van der Waals surface area (Å²) >= 11 is 0. The summed E-state index contributed by atoms with van der Waals surface area (Å²) in [5.74, 6) is -1.22. The smallest absolute Gasteiger partial charge is 0.332 e. The number of rotatable bonds is 6. The summed E-state index contributed by atoms with van der Waals surface area (Å²) in [5.41, 5.74) is 2.73. The highest BCUT2D eigenvalue weighted by Crippen LogP contribution is 2.05. The maximum Gasteiger partial charge on any atom is 0.332 e.